The number of fused-ring (bicyclic) bond motifs is 1. The predicted octanol–water partition coefficient (Wildman–Crippen LogP) is 3.51. The average Bonchev–Trinajstić information content (AvgIpc) is 3.32. The average molecular weight is 374 g/mol. The molecule has 1 aromatic heterocycles. The van der Waals surface area contributed by atoms with Crippen molar-refractivity contribution in [3.05, 3.63) is 51.7 Å². The number of thiophene rings is 1. The fraction of sp³-hybridized carbons (Fsp3) is 0.278. The summed E-state index contributed by atoms with van der Waals surface area (Å²) in [6, 6.07) is 8.61. The van der Waals surface area contributed by atoms with Crippen molar-refractivity contribution in [2.45, 2.75) is 37.1 Å². The van der Waals surface area contributed by atoms with Gasteiger partial charge in [-0.1, -0.05) is 11.6 Å². The molecule has 0 atom stereocenters. The Bertz CT molecular complexity index is 952. The van der Waals surface area contributed by atoms with Gasteiger partial charge in [-0.15, -0.1) is 11.3 Å². The molecular weight excluding hydrogens is 356 g/mol. The van der Waals surface area contributed by atoms with Crippen LogP contribution in [0.3, 0.4) is 0 Å². The second kappa shape index (κ2) is 6.40. The minimum Gasteiger partial charge on any atom is -0.321 e. The predicted molar refractivity (Wildman–Crippen MR) is 98.8 cm³/mol. The first-order chi connectivity index (χ1) is 12.0. The molecule has 25 heavy (non-hydrogen) atoms. The Kier molecular flexibility index (Phi) is 4.23. The number of hydrogen-bond donors (Lipinski definition) is 2. The Hall–Kier alpha value is -1.96. The summed E-state index contributed by atoms with van der Waals surface area (Å²) in [4.78, 5) is 13.5. The minimum absolute atomic E-state index is 0.118. The van der Waals surface area contributed by atoms with Gasteiger partial charge >= 0.3 is 0 Å². The second-order valence-electron chi connectivity index (χ2n) is 6.25. The highest BCUT2D eigenvalue weighted by Gasteiger charge is 2.30. The lowest BCUT2D eigenvalue weighted by Gasteiger charge is -2.08. The fourth-order valence-corrected chi connectivity index (χ4v) is 5.15. The zero-order chi connectivity index (χ0) is 17.4. The maximum absolute atomic E-state index is 12.6. The first-order valence-electron chi connectivity index (χ1n) is 8.24. The maximum Gasteiger partial charge on any atom is 0.256 e. The van der Waals surface area contributed by atoms with Crippen molar-refractivity contribution in [1.29, 1.82) is 0 Å². The van der Waals surface area contributed by atoms with Gasteiger partial charge in [0, 0.05) is 28.2 Å². The van der Waals surface area contributed by atoms with E-state index in [0.717, 1.165) is 36.1 Å². The summed E-state index contributed by atoms with van der Waals surface area (Å²) < 4.78 is 27.8. The Morgan fingerprint density at radius 1 is 1.16 bits per heavy atom. The van der Waals surface area contributed by atoms with Gasteiger partial charge in [0.25, 0.3) is 5.91 Å². The molecule has 2 heterocycles. The van der Waals surface area contributed by atoms with Crippen LogP contribution in [0.15, 0.2) is 46.2 Å². The van der Waals surface area contributed by atoms with Crippen LogP contribution in [0.4, 0.5) is 5.69 Å². The SMILES string of the molecule is O=C1Nc2ccc(S(=O)(=O)NCc3cccs3)cc2C1=C1CCCC1. The number of allylic oxidation sites excluding steroid dienone is 1. The van der Waals surface area contributed by atoms with Crippen molar-refractivity contribution >= 4 is 38.5 Å². The summed E-state index contributed by atoms with van der Waals surface area (Å²) in [6.45, 7) is 0.266. The molecule has 5 nitrogen and oxygen atoms in total. The molecule has 130 valence electrons. The van der Waals surface area contributed by atoms with Crippen LogP contribution in [0.2, 0.25) is 0 Å². The van der Waals surface area contributed by atoms with E-state index in [4.69, 9.17) is 0 Å². The Morgan fingerprint density at radius 3 is 2.68 bits per heavy atom. The van der Waals surface area contributed by atoms with E-state index < -0.39 is 10.0 Å². The number of rotatable bonds is 4. The molecular formula is C18H18N2O3S2. The third-order valence-corrected chi connectivity index (χ3v) is 6.90. The number of hydrogen-bond acceptors (Lipinski definition) is 4. The molecule has 0 radical (unpaired) electrons. The molecule has 1 aliphatic heterocycles. The first kappa shape index (κ1) is 16.5. The third-order valence-electron chi connectivity index (χ3n) is 4.62. The van der Waals surface area contributed by atoms with Gasteiger partial charge in [-0.3, -0.25) is 4.79 Å². The standard InChI is InChI=1S/C18H18N2O3S2/c21-18-17(12-4-1-2-5-12)15-10-14(7-8-16(15)20-18)25(22,23)19-11-13-6-3-9-24-13/h3,6-10,19H,1-2,4-5,11H2,(H,20,21). The Labute approximate surface area is 150 Å². The molecule has 1 amide bonds. The van der Waals surface area contributed by atoms with E-state index in [1.807, 2.05) is 17.5 Å². The molecule has 0 spiro atoms. The number of anilines is 1. The van der Waals surface area contributed by atoms with Crippen LogP contribution in [0.1, 0.15) is 36.1 Å². The summed E-state index contributed by atoms with van der Waals surface area (Å²) in [6.07, 6.45) is 4.00. The van der Waals surface area contributed by atoms with Gasteiger partial charge in [0.05, 0.1) is 4.90 Å². The van der Waals surface area contributed by atoms with Gasteiger partial charge < -0.3 is 5.32 Å². The number of carbonyl (C=O) groups excluding carboxylic acids is 1. The largest absolute Gasteiger partial charge is 0.321 e. The third kappa shape index (κ3) is 3.15. The van der Waals surface area contributed by atoms with Crippen molar-refractivity contribution < 1.29 is 13.2 Å². The van der Waals surface area contributed by atoms with Crippen LogP contribution in [-0.4, -0.2) is 14.3 Å². The Morgan fingerprint density at radius 2 is 1.96 bits per heavy atom. The van der Waals surface area contributed by atoms with Gasteiger partial charge in [0.2, 0.25) is 10.0 Å². The van der Waals surface area contributed by atoms with E-state index in [-0.39, 0.29) is 17.3 Å². The molecule has 1 fully saturated rings. The number of sulfonamides is 1. The van der Waals surface area contributed by atoms with Gasteiger partial charge in [0.1, 0.15) is 0 Å². The van der Waals surface area contributed by atoms with Crippen molar-refractivity contribution in [3.8, 4) is 0 Å². The summed E-state index contributed by atoms with van der Waals surface area (Å²) in [5, 5.41) is 4.76. The molecule has 7 heteroatoms. The molecule has 2 aliphatic rings. The molecule has 1 saturated carbocycles. The zero-order valence-corrected chi connectivity index (χ0v) is 15.2. The monoisotopic (exact) mass is 374 g/mol. The van der Waals surface area contributed by atoms with E-state index in [9.17, 15) is 13.2 Å². The van der Waals surface area contributed by atoms with Gasteiger partial charge in [-0.05, 0) is 55.3 Å². The summed E-state index contributed by atoms with van der Waals surface area (Å²) in [5.41, 5.74) is 3.21. The highest BCUT2D eigenvalue weighted by Crippen LogP contribution is 2.40. The number of carbonyl (C=O) groups is 1. The van der Waals surface area contributed by atoms with E-state index in [1.54, 1.807) is 12.1 Å². The lowest BCUT2D eigenvalue weighted by atomic mass is 10.00. The zero-order valence-electron chi connectivity index (χ0n) is 13.5. The van der Waals surface area contributed by atoms with Crippen molar-refractivity contribution in [3.63, 3.8) is 0 Å². The molecule has 1 aliphatic carbocycles. The Balaban J connectivity index is 1.67. The number of amides is 1. The van der Waals surface area contributed by atoms with E-state index in [2.05, 4.69) is 10.0 Å². The van der Waals surface area contributed by atoms with E-state index in [1.165, 1.54) is 17.4 Å². The van der Waals surface area contributed by atoms with Crippen LogP contribution in [0.25, 0.3) is 5.57 Å². The molecule has 1 aromatic carbocycles. The topological polar surface area (TPSA) is 75.3 Å². The van der Waals surface area contributed by atoms with E-state index in [0.29, 0.717) is 16.8 Å². The summed E-state index contributed by atoms with van der Waals surface area (Å²) in [7, 11) is -3.63. The van der Waals surface area contributed by atoms with Crippen molar-refractivity contribution in [1.82, 2.24) is 4.72 Å². The highest BCUT2D eigenvalue weighted by molar-refractivity contribution is 7.89. The van der Waals surface area contributed by atoms with Crippen LogP contribution in [0.5, 0.6) is 0 Å². The number of nitrogens with one attached hydrogen (secondary N) is 2. The highest BCUT2D eigenvalue weighted by atomic mass is 32.2. The van der Waals surface area contributed by atoms with Crippen LogP contribution in [-0.2, 0) is 21.4 Å². The van der Waals surface area contributed by atoms with Gasteiger partial charge in [-0.2, -0.15) is 0 Å². The molecule has 0 bridgehead atoms. The van der Waals surface area contributed by atoms with Gasteiger partial charge in [-0.25, -0.2) is 13.1 Å². The normalized spacial score (nSPS) is 17.0. The minimum atomic E-state index is -3.63. The van der Waals surface area contributed by atoms with Crippen molar-refractivity contribution in [2.24, 2.45) is 0 Å². The second-order valence-corrected chi connectivity index (χ2v) is 9.05. The molecule has 0 unspecified atom stereocenters. The van der Waals surface area contributed by atoms with Gasteiger partial charge in [0.15, 0.2) is 0 Å². The molecule has 0 saturated heterocycles. The number of benzene rings is 1. The van der Waals surface area contributed by atoms with E-state index >= 15 is 0 Å². The maximum atomic E-state index is 12.6. The quantitative estimate of drug-likeness (QED) is 0.804. The lowest BCUT2D eigenvalue weighted by molar-refractivity contribution is -0.110. The summed E-state index contributed by atoms with van der Waals surface area (Å²) >= 11 is 1.51. The summed E-state index contributed by atoms with van der Waals surface area (Å²) in [5.74, 6) is -0.118. The smallest absolute Gasteiger partial charge is 0.256 e. The fourth-order valence-electron chi connectivity index (χ4n) is 3.38. The lowest BCUT2D eigenvalue weighted by Crippen LogP contribution is -2.22. The van der Waals surface area contributed by atoms with Crippen LogP contribution < -0.4 is 10.0 Å². The van der Waals surface area contributed by atoms with Crippen molar-refractivity contribution in [2.75, 3.05) is 5.32 Å². The first-order valence-corrected chi connectivity index (χ1v) is 10.6. The molecule has 4 rings (SSSR count). The molecule has 2 N–H and O–H groups in total. The molecule has 2 aromatic rings. The van der Waals surface area contributed by atoms with Crippen LogP contribution >= 0.6 is 11.3 Å². The van der Waals surface area contributed by atoms with Crippen LogP contribution in [0, 0.1) is 0 Å².